The van der Waals surface area contributed by atoms with E-state index in [9.17, 15) is 0 Å². The molecule has 0 radical (unpaired) electrons. The predicted octanol–water partition coefficient (Wildman–Crippen LogP) is 13.4. The van der Waals surface area contributed by atoms with Crippen LogP contribution in [0.25, 0.3) is 53.5 Å². The van der Waals surface area contributed by atoms with Crippen molar-refractivity contribution >= 4 is 88.4 Å². The summed E-state index contributed by atoms with van der Waals surface area (Å²) in [5.41, 5.74) is 10.4. The van der Waals surface area contributed by atoms with E-state index in [1.54, 1.807) is 11.3 Å². The SMILES string of the molecule is c1ccc(N(c2ccccc2)c2ccc(-c3nc4c5cc(N(c6ccccc6)c6ccccc6)cc6oc7cccc(c4s3)c7c65)cc2)cc1. The molecule has 0 saturated carbocycles. The number of thiazole rings is 1. The number of furan rings is 1. The van der Waals surface area contributed by atoms with Crippen molar-refractivity contribution in [1.82, 2.24) is 4.98 Å². The maximum atomic E-state index is 6.59. The third kappa shape index (κ3) is 4.63. The lowest BCUT2D eigenvalue weighted by atomic mass is 10.00. The van der Waals surface area contributed by atoms with Crippen LogP contribution in [0, 0.1) is 0 Å². The summed E-state index contributed by atoms with van der Waals surface area (Å²) in [5, 5.41) is 5.56. The van der Waals surface area contributed by atoms with Crippen LogP contribution in [0.2, 0.25) is 0 Å². The number of hydrogen-bond donors (Lipinski definition) is 0. The van der Waals surface area contributed by atoms with Gasteiger partial charge >= 0.3 is 0 Å². The average molecular weight is 660 g/mol. The number of benzene rings is 8. The summed E-state index contributed by atoms with van der Waals surface area (Å²) >= 11 is 1.75. The molecule has 8 aromatic carbocycles. The first-order chi connectivity index (χ1) is 24.8. The lowest BCUT2D eigenvalue weighted by Gasteiger charge is -2.25. The third-order valence-electron chi connectivity index (χ3n) is 9.40. The lowest BCUT2D eigenvalue weighted by molar-refractivity contribution is 0.669. The first-order valence-electron chi connectivity index (χ1n) is 16.7. The van der Waals surface area contributed by atoms with E-state index in [-0.39, 0.29) is 0 Å². The highest BCUT2D eigenvalue weighted by Crippen LogP contribution is 2.48. The van der Waals surface area contributed by atoms with Crippen LogP contribution in [0.4, 0.5) is 34.1 Å². The van der Waals surface area contributed by atoms with Crippen LogP contribution in [0.3, 0.4) is 0 Å². The second kappa shape index (κ2) is 11.6. The fourth-order valence-corrected chi connectivity index (χ4v) is 8.32. The van der Waals surface area contributed by atoms with E-state index < -0.39 is 0 Å². The van der Waals surface area contributed by atoms with Gasteiger partial charge in [0.1, 0.15) is 16.2 Å². The Kier molecular flexibility index (Phi) is 6.64. The molecule has 0 atom stereocenters. The first-order valence-corrected chi connectivity index (χ1v) is 17.5. The van der Waals surface area contributed by atoms with Gasteiger partial charge in [0.15, 0.2) is 0 Å². The Morgan fingerprint density at radius 2 is 0.920 bits per heavy atom. The van der Waals surface area contributed by atoms with Gasteiger partial charge in [-0.05, 0) is 84.9 Å². The van der Waals surface area contributed by atoms with Crippen molar-refractivity contribution < 1.29 is 4.42 Å². The quantitative estimate of drug-likeness (QED) is 0.159. The molecule has 10 rings (SSSR count). The van der Waals surface area contributed by atoms with Crippen LogP contribution in [-0.4, -0.2) is 4.98 Å². The molecule has 0 aliphatic heterocycles. The van der Waals surface area contributed by atoms with Gasteiger partial charge in [-0.1, -0.05) is 84.9 Å². The fourth-order valence-electron chi connectivity index (χ4n) is 7.20. The van der Waals surface area contributed by atoms with E-state index in [0.717, 1.165) is 77.5 Å². The van der Waals surface area contributed by atoms with Gasteiger partial charge in [0.25, 0.3) is 0 Å². The lowest BCUT2D eigenvalue weighted by Crippen LogP contribution is -2.09. The molecule has 0 aliphatic carbocycles. The van der Waals surface area contributed by atoms with Crippen molar-refractivity contribution in [2.45, 2.75) is 0 Å². The van der Waals surface area contributed by atoms with E-state index in [0.29, 0.717) is 0 Å². The molecule has 0 N–H and O–H groups in total. The summed E-state index contributed by atoms with van der Waals surface area (Å²) in [6.07, 6.45) is 0. The minimum atomic E-state index is 0.864. The number of para-hydroxylation sites is 4. The molecule has 50 heavy (non-hydrogen) atoms. The van der Waals surface area contributed by atoms with Crippen LogP contribution in [0.5, 0.6) is 0 Å². The molecule has 0 unspecified atom stereocenters. The molecular weight excluding hydrogens is 631 g/mol. The smallest absolute Gasteiger partial charge is 0.138 e. The van der Waals surface area contributed by atoms with Gasteiger partial charge in [0.05, 0.1) is 15.9 Å². The molecule has 0 aliphatic rings. The molecule has 0 amide bonds. The van der Waals surface area contributed by atoms with Gasteiger partial charge in [-0.25, -0.2) is 4.98 Å². The predicted molar refractivity (Wildman–Crippen MR) is 210 cm³/mol. The Bertz CT molecular complexity index is 2660. The number of hydrogen-bond acceptors (Lipinski definition) is 5. The summed E-state index contributed by atoms with van der Waals surface area (Å²) in [5.74, 6) is 0. The highest BCUT2D eigenvalue weighted by Gasteiger charge is 2.23. The van der Waals surface area contributed by atoms with Gasteiger partial charge in [0, 0.05) is 61.6 Å². The maximum Gasteiger partial charge on any atom is 0.138 e. The van der Waals surface area contributed by atoms with Crippen molar-refractivity contribution in [3.05, 3.63) is 176 Å². The number of anilines is 6. The van der Waals surface area contributed by atoms with Crippen LogP contribution in [-0.2, 0) is 0 Å². The zero-order chi connectivity index (χ0) is 33.0. The molecule has 0 fully saturated rings. The zero-order valence-corrected chi connectivity index (χ0v) is 27.7. The Balaban J connectivity index is 1.15. The number of fused-ring (bicyclic) bond motifs is 3. The zero-order valence-electron chi connectivity index (χ0n) is 26.9. The van der Waals surface area contributed by atoms with Crippen LogP contribution < -0.4 is 9.80 Å². The molecule has 0 saturated heterocycles. The molecule has 5 heteroatoms. The minimum Gasteiger partial charge on any atom is -0.456 e. The Morgan fingerprint density at radius 3 is 1.48 bits per heavy atom. The summed E-state index contributed by atoms with van der Waals surface area (Å²) in [7, 11) is 0. The molecule has 10 aromatic rings. The molecule has 236 valence electrons. The third-order valence-corrected chi connectivity index (χ3v) is 10.5. The van der Waals surface area contributed by atoms with Crippen LogP contribution >= 0.6 is 11.3 Å². The number of aromatic nitrogens is 1. The number of nitrogens with zero attached hydrogens (tertiary/aromatic N) is 3. The van der Waals surface area contributed by atoms with Gasteiger partial charge in [-0.2, -0.15) is 0 Å². The Morgan fingerprint density at radius 1 is 0.420 bits per heavy atom. The molecule has 4 nitrogen and oxygen atoms in total. The van der Waals surface area contributed by atoms with Crippen molar-refractivity contribution in [2.75, 3.05) is 9.80 Å². The molecular formula is C45H29N3OS. The van der Waals surface area contributed by atoms with Gasteiger partial charge in [0.2, 0.25) is 0 Å². The Labute approximate surface area is 293 Å². The highest BCUT2D eigenvalue weighted by atomic mass is 32.1. The molecule has 0 bridgehead atoms. The van der Waals surface area contributed by atoms with E-state index >= 15 is 0 Å². The monoisotopic (exact) mass is 659 g/mol. The van der Waals surface area contributed by atoms with E-state index in [4.69, 9.17) is 9.40 Å². The highest BCUT2D eigenvalue weighted by molar-refractivity contribution is 7.22. The molecule has 0 spiro atoms. The van der Waals surface area contributed by atoms with Crippen LogP contribution in [0.1, 0.15) is 0 Å². The Hall–Kier alpha value is -6.43. The fraction of sp³-hybridized carbons (Fsp3) is 0. The average Bonchev–Trinajstić information content (AvgIpc) is 3.80. The largest absolute Gasteiger partial charge is 0.456 e. The van der Waals surface area contributed by atoms with Gasteiger partial charge in [-0.3, -0.25) is 0 Å². The minimum absolute atomic E-state index is 0.864. The second-order valence-corrected chi connectivity index (χ2v) is 13.4. The molecule has 2 aromatic heterocycles. The number of rotatable bonds is 7. The van der Waals surface area contributed by atoms with Crippen LogP contribution in [0.15, 0.2) is 180 Å². The van der Waals surface area contributed by atoms with E-state index in [1.807, 2.05) is 0 Å². The van der Waals surface area contributed by atoms with Crippen molar-refractivity contribution in [3.63, 3.8) is 0 Å². The topological polar surface area (TPSA) is 32.5 Å². The summed E-state index contributed by atoms with van der Waals surface area (Å²) in [4.78, 5) is 9.96. The summed E-state index contributed by atoms with van der Waals surface area (Å²) in [6.45, 7) is 0. The summed E-state index contributed by atoms with van der Waals surface area (Å²) in [6, 6.07) is 61.6. The van der Waals surface area contributed by atoms with Gasteiger partial charge < -0.3 is 14.2 Å². The normalized spacial score (nSPS) is 11.6. The van der Waals surface area contributed by atoms with E-state index in [2.05, 4.69) is 186 Å². The van der Waals surface area contributed by atoms with Crippen molar-refractivity contribution in [1.29, 1.82) is 0 Å². The van der Waals surface area contributed by atoms with Gasteiger partial charge in [-0.15, -0.1) is 11.3 Å². The molecule has 2 heterocycles. The van der Waals surface area contributed by atoms with Crippen molar-refractivity contribution in [3.8, 4) is 10.6 Å². The maximum absolute atomic E-state index is 6.59. The standard InChI is InChI=1S/C45H29N3OS/c1-5-14-31(15-6-1)47(32-16-7-2-8-17-32)35-26-24-30(25-27-35)45-46-43-38-28-36(48(33-18-9-3-10-19-33)34-20-11-4-12-21-34)29-40-42(38)41-37(44(43)50-45)22-13-23-39(41)49-40/h1-29H. The summed E-state index contributed by atoms with van der Waals surface area (Å²) < 4.78 is 7.76. The first kappa shape index (κ1) is 28.6. The van der Waals surface area contributed by atoms with Crippen molar-refractivity contribution in [2.24, 2.45) is 0 Å². The van der Waals surface area contributed by atoms with E-state index in [1.165, 1.54) is 10.1 Å². The second-order valence-electron chi connectivity index (χ2n) is 12.4.